The van der Waals surface area contributed by atoms with Crippen molar-refractivity contribution >= 4 is 28.6 Å². The monoisotopic (exact) mass is 413 g/mol. The Kier molecular flexibility index (Phi) is 6.80. The lowest BCUT2D eigenvalue weighted by Gasteiger charge is -2.23. The number of benzene rings is 1. The average molecular weight is 414 g/mol. The summed E-state index contributed by atoms with van der Waals surface area (Å²) in [4.78, 5) is 11.7. The zero-order valence-electron chi connectivity index (χ0n) is 18.3. The second-order valence-electron chi connectivity index (χ2n) is 7.53. The maximum absolute atomic E-state index is 9.64. The first kappa shape index (κ1) is 21.6. The van der Waals surface area contributed by atoms with Gasteiger partial charge in [-0.2, -0.15) is 5.10 Å². The molecule has 0 aliphatic carbocycles. The van der Waals surface area contributed by atoms with E-state index < -0.39 is 0 Å². The molecule has 0 radical (unpaired) electrons. The van der Waals surface area contributed by atoms with Crippen LogP contribution in [0.15, 0.2) is 17.2 Å². The highest BCUT2D eigenvalue weighted by Crippen LogP contribution is 2.35. The van der Waals surface area contributed by atoms with Crippen molar-refractivity contribution in [2.45, 2.75) is 52.5 Å². The van der Waals surface area contributed by atoms with Crippen molar-refractivity contribution < 1.29 is 5.11 Å². The molecule has 0 saturated heterocycles. The number of aryl methyl sites for hydroxylation is 4. The van der Waals surface area contributed by atoms with E-state index in [1.54, 1.807) is 11.8 Å². The summed E-state index contributed by atoms with van der Waals surface area (Å²) in [5, 5.41) is 16.5. The first-order valence-electron chi connectivity index (χ1n) is 10.2. The highest BCUT2D eigenvalue weighted by molar-refractivity contribution is 7.98. The van der Waals surface area contributed by atoms with Gasteiger partial charge in [0.2, 0.25) is 0 Å². The Morgan fingerprint density at radius 1 is 1.07 bits per heavy atom. The zero-order chi connectivity index (χ0) is 21.1. The van der Waals surface area contributed by atoms with Gasteiger partial charge in [-0.05, 0) is 51.5 Å². The van der Waals surface area contributed by atoms with Crippen LogP contribution in [-0.2, 0) is 0 Å². The molecule has 2 aromatic heterocycles. The molecule has 1 N–H and O–H groups in total. The first-order chi connectivity index (χ1) is 13.9. The fourth-order valence-corrected chi connectivity index (χ4v) is 4.45. The Bertz CT molecular complexity index is 991. The van der Waals surface area contributed by atoms with Gasteiger partial charge in [-0.15, -0.1) is 11.8 Å². The molecule has 0 saturated carbocycles. The standard InChI is InChI=1S/C22H31N5OS/c1-7-8-9-26(10-11-28)20-18-21(24-17(5)23-20)27(25-22(18)29-6)19-15(3)12-14(2)13-16(19)4/h12-13,28H,7-11H2,1-6H3. The Labute approximate surface area is 177 Å². The molecule has 29 heavy (non-hydrogen) atoms. The summed E-state index contributed by atoms with van der Waals surface area (Å²) in [5.41, 5.74) is 5.50. The molecule has 0 fully saturated rings. The lowest BCUT2D eigenvalue weighted by molar-refractivity contribution is 0.301. The van der Waals surface area contributed by atoms with Crippen molar-refractivity contribution in [2.75, 3.05) is 30.9 Å². The molecule has 3 aromatic rings. The number of rotatable bonds is 8. The molecule has 0 bridgehead atoms. The number of thioether (sulfide) groups is 1. The van der Waals surface area contributed by atoms with Crippen LogP contribution in [-0.4, -0.2) is 50.8 Å². The van der Waals surface area contributed by atoms with Crippen molar-refractivity contribution in [1.29, 1.82) is 0 Å². The normalized spacial score (nSPS) is 11.4. The molecule has 0 unspecified atom stereocenters. The molecule has 156 valence electrons. The van der Waals surface area contributed by atoms with E-state index >= 15 is 0 Å². The van der Waals surface area contributed by atoms with Gasteiger partial charge in [0.15, 0.2) is 5.65 Å². The zero-order valence-corrected chi connectivity index (χ0v) is 19.1. The predicted octanol–water partition coefficient (Wildman–Crippen LogP) is 4.37. The summed E-state index contributed by atoms with van der Waals surface area (Å²) >= 11 is 1.61. The van der Waals surface area contributed by atoms with E-state index in [9.17, 15) is 5.11 Å². The number of hydrogen-bond donors (Lipinski definition) is 1. The third-order valence-electron chi connectivity index (χ3n) is 5.08. The molecule has 0 amide bonds. The lowest BCUT2D eigenvalue weighted by atomic mass is 10.1. The molecule has 3 rings (SSSR count). The van der Waals surface area contributed by atoms with Gasteiger partial charge in [0.1, 0.15) is 16.7 Å². The summed E-state index contributed by atoms with van der Waals surface area (Å²) in [6, 6.07) is 4.37. The van der Waals surface area contributed by atoms with Crippen LogP contribution in [0.4, 0.5) is 5.82 Å². The largest absolute Gasteiger partial charge is 0.395 e. The van der Waals surface area contributed by atoms with Crippen LogP contribution in [0.1, 0.15) is 42.3 Å². The maximum Gasteiger partial charge on any atom is 0.169 e. The summed E-state index contributed by atoms with van der Waals surface area (Å²) in [6.07, 6.45) is 4.17. The summed E-state index contributed by atoms with van der Waals surface area (Å²) in [6.45, 7) is 11.9. The van der Waals surface area contributed by atoms with Gasteiger partial charge in [0.05, 0.1) is 17.7 Å². The maximum atomic E-state index is 9.64. The van der Waals surface area contributed by atoms with Crippen molar-refractivity contribution in [3.8, 4) is 5.69 Å². The van der Waals surface area contributed by atoms with E-state index in [0.717, 1.165) is 47.0 Å². The Morgan fingerprint density at radius 3 is 2.34 bits per heavy atom. The fraction of sp³-hybridized carbons (Fsp3) is 0.500. The van der Waals surface area contributed by atoms with Gasteiger partial charge < -0.3 is 10.0 Å². The number of aromatic nitrogens is 4. The van der Waals surface area contributed by atoms with Crippen LogP contribution in [0.25, 0.3) is 16.7 Å². The summed E-state index contributed by atoms with van der Waals surface area (Å²) in [5.74, 6) is 1.58. The molecular weight excluding hydrogens is 382 g/mol. The third-order valence-corrected chi connectivity index (χ3v) is 5.75. The minimum atomic E-state index is 0.0905. The van der Waals surface area contributed by atoms with Gasteiger partial charge in [0, 0.05) is 13.1 Å². The average Bonchev–Trinajstić information content (AvgIpc) is 3.02. The Balaban J connectivity index is 2.30. The van der Waals surface area contributed by atoms with Gasteiger partial charge >= 0.3 is 0 Å². The first-order valence-corrected chi connectivity index (χ1v) is 11.4. The Morgan fingerprint density at radius 2 is 1.76 bits per heavy atom. The number of aliphatic hydroxyl groups is 1. The van der Waals surface area contributed by atoms with E-state index in [0.29, 0.717) is 12.4 Å². The quantitative estimate of drug-likeness (QED) is 0.553. The number of hydrogen-bond acceptors (Lipinski definition) is 6. The molecule has 0 aliphatic heterocycles. The SMILES string of the molecule is CCCCN(CCO)c1nc(C)nc2c1c(SC)nn2-c1c(C)cc(C)cc1C. The van der Waals surface area contributed by atoms with Gasteiger partial charge in [-0.25, -0.2) is 14.6 Å². The summed E-state index contributed by atoms with van der Waals surface area (Å²) < 4.78 is 1.97. The molecule has 7 heteroatoms. The number of fused-ring (bicyclic) bond motifs is 1. The van der Waals surface area contributed by atoms with Crippen molar-refractivity contribution in [1.82, 2.24) is 19.7 Å². The lowest BCUT2D eigenvalue weighted by Crippen LogP contribution is -2.29. The topological polar surface area (TPSA) is 67.1 Å². The van der Waals surface area contributed by atoms with E-state index in [1.807, 2.05) is 17.9 Å². The van der Waals surface area contributed by atoms with Crippen molar-refractivity contribution in [2.24, 2.45) is 0 Å². The smallest absolute Gasteiger partial charge is 0.169 e. The molecular formula is C22H31N5OS. The highest BCUT2D eigenvalue weighted by Gasteiger charge is 2.23. The van der Waals surface area contributed by atoms with E-state index in [-0.39, 0.29) is 6.61 Å². The van der Waals surface area contributed by atoms with Crippen LogP contribution in [0.5, 0.6) is 0 Å². The molecule has 0 atom stereocenters. The van der Waals surface area contributed by atoms with Gasteiger partial charge in [0.25, 0.3) is 0 Å². The van der Waals surface area contributed by atoms with E-state index in [4.69, 9.17) is 15.1 Å². The minimum Gasteiger partial charge on any atom is -0.395 e. The van der Waals surface area contributed by atoms with Crippen LogP contribution >= 0.6 is 11.8 Å². The number of unbranched alkanes of at least 4 members (excludes halogenated alkanes) is 1. The van der Waals surface area contributed by atoms with Gasteiger partial charge in [-0.3, -0.25) is 0 Å². The number of aliphatic hydroxyl groups excluding tert-OH is 1. The molecule has 0 aliphatic rings. The van der Waals surface area contributed by atoms with Crippen molar-refractivity contribution in [3.05, 3.63) is 34.6 Å². The predicted molar refractivity (Wildman–Crippen MR) is 122 cm³/mol. The highest BCUT2D eigenvalue weighted by atomic mass is 32.2. The molecule has 0 spiro atoms. The van der Waals surface area contributed by atoms with Crippen LogP contribution in [0.3, 0.4) is 0 Å². The Hall–Kier alpha value is -2.12. The molecule has 6 nitrogen and oxygen atoms in total. The molecule has 1 aromatic carbocycles. The van der Waals surface area contributed by atoms with Crippen LogP contribution in [0, 0.1) is 27.7 Å². The number of nitrogens with zero attached hydrogens (tertiary/aromatic N) is 5. The molecule has 2 heterocycles. The second-order valence-corrected chi connectivity index (χ2v) is 8.32. The third kappa shape index (κ3) is 4.26. The van der Waals surface area contributed by atoms with Crippen LogP contribution in [0.2, 0.25) is 0 Å². The fourth-order valence-electron chi connectivity index (χ4n) is 3.90. The van der Waals surface area contributed by atoms with Gasteiger partial charge in [-0.1, -0.05) is 31.0 Å². The summed E-state index contributed by atoms with van der Waals surface area (Å²) in [7, 11) is 0. The van der Waals surface area contributed by atoms with E-state index in [2.05, 4.69) is 44.7 Å². The number of anilines is 1. The van der Waals surface area contributed by atoms with E-state index in [1.165, 1.54) is 16.7 Å². The minimum absolute atomic E-state index is 0.0905. The van der Waals surface area contributed by atoms with Crippen molar-refractivity contribution in [3.63, 3.8) is 0 Å². The van der Waals surface area contributed by atoms with Crippen LogP contribution < -0.4 is 4.90 Å². The second kappa shape index (κ2) is 9.13.